The van der Waals surface area contributed by atoms with E-state index in [9.17, 15) is 14.7 Å². The van der Waals surface area contributed by atoms with Gasteiger partial charge in [-0.25, -0.2) is 0 Å². The maximum absolute atomic E-state index is 11.8. The van der Waals surface area contributed by atoms with Crippen LogP contribution in [-0.4, -0.2) is 42.1 Å². The lowest BCUT2D eigenvalue weighted by Gasteiger charge is -2.13. The lowest BCUT2D eigenvalue weighted by atomic mass is 10.3. The first-order valence-electron chi connectivity index (χ1n) is 7.62. The molecule has 0 aliphatic rings. The fraction of sp³-hybridized carbons (Fsp3) is 0.263. The number of ether oxygens (including phenoxy) is 1. The van der Waals surface area contributed by atoms with Crippen molar-refractivity contribution in [2.24, 2.45) is 0 Å². The predicted molar refractivity (Wildman–Crippen MR) is 96.4 cm³/mol. The molecule has 24 heavy (non-hydrogen) atoms. The van der Waals surface area contributed by atoms with E-state index in [1.54, 1.807) is 25.2 Å². The van der Waals surface area contributed by atoms with Gasteiger partial charge in [0, 0.05) is 13.1 Å². The third-order valence-corrected chi connectivity index (χ3v) is 2.56. The minimum absolute atomic E-state index is 0.161. The third kappa shape index (κ3) is 11.8. The molecule has 0 radical (unpaired) electrons. The number of carbonyl (C=O) groups is 2. The lowest BCUT2D eigenvalue weighted by Crippen LogP contribution is -2.32. The first-order valence-corrected chi connectivity index (χ1v) is 7.62. The van der Waals surface area contributed by atoms with Crippen molar-refractivity contribution in [3.8, 4) is 0 Å². The number of amides is 1. The van der Waals surface area contributed by atoms with E-state index in [0.717, 1.165) is 11.0 Å². The zero-order valence-corrected chi connectivity index (χ0v) is 14.4. The highest BCUT2D eigenvalue weighted by molar-refractivity contribution is 5.90. The normalized spacial score (nSPS) is 13.0. The van der Waals surface area contributed by atoms with Gasteiger partial charge in [0.15, 0.2) is 0 Å². The van der Waals surface area contributed by atoms with Crippen LogP contribution in [0.5, 0.6) is 0 Å². The van der Waals surface area contributed by atoms with E-state index in [2.05, 4.69) is 0 Å². The van der Waals surface area contributed by atoms with Crippen molar-refractivity contribution in [3.63, 3.8) is 0 Å². The van der Waals surface area contributed by atoms with Crippen LogP contribution in [0.4, 0.5) is 0 Å². The number of likely N-dealkylation sites (N-methyl/N-ethyl adjacent to an activating group) is 1. The average Bonchev–Trinajstić information content (AvgIpc) is 2.53. The molecule has 0 aliphatic heterocycles. The molecule has 0 fully saturated rings. The molecular weight excluding hydrogens is 306 g/mol. The van der Waals surface area contributed by atoms with Gasteiger partial charge in [-0.1, -0.05) is 54.7 Å². The molecule has 0 spiro atoms. The standard InChI is InChI=1S/C19H25NO4/c1-4-6-7-8-9-10-11-12-13-14-17(21)15-18(22)20(3)16-19(23)24-5-2/h4,6-15,21H,5,16H2,1-3H3/b6-4+,8-7+,10-9+,12-11+,14-13+,17-15-. The molecule has 0 unspecified atom stereocenters. The van der Waals surface area contributed by atoms with Crippen LogP contribution in [0.1, 0.15) is 13.8 Å². The van der Waals surface area contributed by atoms with Crippen molar-refractivity contribution < 1.29 is 19.4 Å². The monoisotopic (exact) mass is 331 g/mol. The summed E-state index contributed by atoms with van der Waals surface area (Å²) >= 11 is 0. The molecular formula is C19H25NO4. The molecule has 0 bridgehead atoms. The number of allylic oxidation sites excluding steroid dienone is 10. The molecule has 0 heterocycles. The summed E-state index contributed by atoms with van der Waals surface area (Å²) in [5, 5.41) is 9.65. The first kappa shape index (κ1) is 21.2. The van der Waals surface area contributed by atoms with Gasteiger partial charge in [-0.2, -0.15) is 0 Å². The third-order valence-electron chi connectivity index (χ3n) is 2.56. The van der Waals surface area contributed by atoms with Crippen LogP contribution in [0.25, 0.3) is 0 Å². The zero-order chi connectivity index (χ0) is 18.2. The Hall–Kier alpha value is -2.82. The highest BCUT2D eigenvalue weighted by Gasteiger charge is 2.11. The summed E-state index contributed by atoms with van der Waals surface area (Å²) in [6.45, 7) is 3.73. The van der Waals surface area contributed by atoms with E-state index in [1.807, 2.05) is 43.4 Å². The topological polar surface area (TPSA) is 66.8 Å². The summed E-state index contributed by atoms with van der Waals surface area (Å²) in [6, 6.07) is 0. The number of hydrogen-bond acceptors (Lipinski definition) is 4. The Labute approximate surface area is 143 Å². The molecule has 0 aliphatic carbocycles. The summed E-state index contributed by atoms with van der Waals surface area (Å²) in [4.78, 5) is 24.2. The summed E-state index contributed by atoms with van der Waals surface area (Å²) in [5.41, 5.74) is 0. The van der Waals surface area contributed by atoms with Gasteiger partial charge in [0.05, 0.1) is 6.61 Å². The minimum atomic E-state index is -0.491. The summed E-state index contributed by atoms with van der Waals surface area (Å²) in [5.74, 6) is -1.17. The maximum atomic E-state index is 11.8. The zero-order valence-electron chi connectivity index (χ0n) is 14.4. The molecule has 0 saturated heterocycles. The number of nitrogens with zero attached hydrogens (tertiary/aromatic N) is 1. The van der Waals surface area contributed by atoms with Gasteiger partial charge < -0.3 is 14.7 Å². The number of aliphatic hydroxyl groups is 1. The number of aliphatic hydroxyl groups excluding tert-OH is 1. The van der Waals surface area contributed by atoms with E-state index in [-0.39, 0.29) is 18.9 Å². The Morgan fingerprint density at radius 1 is 1.00 bits per heavy atom. The molecule has 0 aromatic carbocycles. The van der Waals surface area contributed by atoms with Crippen molar-refractivity contribution in [3.05, 3.63) is 72.6 Å². The molecule has 0 rings (SSSR count). The van der Waals surface area contributed by atoms with Crippen LogP contribution in [0.2, 0.25) is 0 Å². The summed E-state index contributed by atoms with van der Waals surface area (Å²) in [6.07, 6.45) is 18.9. The van der Waals surface area contributed by atoms with Crippen LogP contribution < -0.4 is 0 Å². The van der Waals surface area contributed by atoms with Crippen molar-refractivity contribution >= 4 is 11.9 Å². The fourth-order valence-electron chi connectivity index (χ4n) is 1.41. The van der Waals surface area contributed by atoms with Crippen LogP contribution in [0, 0.1) is 0 Å². The van der Waals surface area contributed by atoms with Gasteiger partial charge in [-0.15, -0.1) is 0 Å². The van der Waals surface area contributed by atoms with E-state index in [4.69, 9.17) is 4.74 Å². The second kappa shape index (κ2) is 13.8. The van der Waals surface area contributed by atoms with Crippen molar-refractivity contribution in [2.45, 2.75) is 13.8 Å². The Morgan fingerprint density at radius 2 is 1.54 bits per heavy atom. The molecule has 5 heteroatoms. The predicted octanol–water partition coefficient (Wildman–Crippen LogP) is 3.25. The average molecular weight is 331 g/mol. The highest BCUT2D eigenvalue weighted by Crippen LogP contribution is 1.96. The van der Waals surface area contributed by atoms with Crippen molar-refractivity contribution in [1.29, 1.82) is 0 Å². The molecule has 0 atom stereocenters. The summed E-state index contributed by atoms with van der Waals surface area (Å²) < 4.78 is 4.75. The lowest BCUT2D eigenvalue weighted by molar-refractivity contribution is -0.147. The molecule has 0 aromatic rings. The maximum Gasteiger partial charge on any atom is 0.325 e. The quantitative estimate of drug-likeness (QED) is 0.305. The number of esters is 1. The first-order chi connectivity index (χ1) is 11.5. The molecule has 5 nitrogen and oxygen atoms in total. The van der Waals surface area contributed by atoms with Gasteiger partial charge in [0.2, 0.25) is 0 Å². The minimum Gasteiger partial charge on any atom is -0.508 e. The van der Waals surface area contributed by atoms with Gasteiger partial charge in [0.25, 0.3) is 5.91 Å². The second-order valence-corrected chi connectivity index (χ2v) is 4.61. The van der Waals surface area contributed by atoms with Gasteiger partial charge >= 0.3 is 5.97 Å². The number of carbonyl (C=O) groups excluding carboxylic acids is 2. The largest absolute Gasteiger partial charge is 0.508 e. The molecule has 1 N–H and O–H groups in total. The second-order valence-electron chi connectivity index (χ2n) is 4.61. The van der Waals surface area contributed by atoms with Gasteiger partial charge in [-0.3, -0.25) is 9.59 Å². The van der Waals surface area contributed by atoms with Crippen LogP contribution in [0.3, 0.4) is 0 Å². The van der Waals surface area contributed by atoms with E-state index < -0.39 is 11.9 Å². The molecule has 130 valence electrons. The Kier molecular flexibility index (Phi) is 12.2. The van der Waals surface area contributed by atoms with Crippen LogP contribution in [0.15, 0.2) is 72.6 Å². The Morgan fingerprint density at radius 3 is 2.08 bits per heavy atom. The number of rotatable bonds is 9. The fourth-order valence-corrected chi connectivity index (χ4v) is 1.41. The molecule has 0 aromatic heterocycles. The number of hydrogen-bond donors (Lipinski definition) is 1. The van der Waals surface area contributed by atoms with E-state index >= 15 is 0 Å². The molecule has 1 amide bonds. The van der Waals surface area contributed by atoms with Crippen molar-refractivity contribution in [2.75, 3.05) is 20.2 Å². The smallest absolute Gasteiger partial charge is 0.325 e. The van der Waals surface area contributed by atoms with Crippen LogP contribution >= 0.6 is 0 Å². The Balaban J connectivity index is 4.37. The van der Waals surface area contributed by atoms with Gasteiger partial charge in [0.1, 0.15) is 12.3 Å². The molecule has 0 saturated carbocycles. The van der Waals surface area contributed by atoms with Crippen molar-refractivity contribution in [1.82, 2.24) is 4.90 Å². The van der Waals surface area contributed by atoms with E-state index in [1.165, 1.54) is 13.1 Å². The van der Waals surface area contributed by atoms with E-state index in [0.29, 0.717) is 0 Å². The Bertz CT molecular complexity index is 566. The SMILES string of the molecule is C/C=C/C=C/C=C/C=C/C=C/C(O)=C/C(=O)N(C)CC(=O)OCC. The summed E-state index contributed by atoms with van der Waals surface area (Å²) in [7, 11) is 1.46. The van der Waals surface area contributed by atoms with Crippen LogP contribution in [-0.2, 0) is 14.3 Å². The van der Waals surface area contributed by atoms with Gasteiger partial charge in [-0.05, 0) is 19.9 Å². The highest BCUT2D eigenvalue weighted by atomic mass is 16.5.